The van der Waals surface area contributed by atoms with Crippen molar-refractivity contribution in [3.05, 3.63) is 35.4 Å². The first-order chi connectivity index (χ1) is 7.78. The standard InChI is InChI=1S/C14H15NO/c15-9-14(13(16)11-5-6-11)8-7-10-3-1-2-4-12(10)14/h1-4,11,13,16H,5-8H2. The molecule has 2 nitrogen and oxygen atoms in total. The van der Waals surface area contributed by atoms with Gasteiger partial charge in [0.05, 0.1) is 12.2 Å². The molecule has 1 aromatic rings. The van der Waals surface area contributed by atoms with E-state index in [0.29, 0.717) is 5.92 Å². The van der Waals surface area contributed by atoms with Gasteiger partial charge < -0.3 is 5.11 Å². The highest BCUT2D eigenvalue weighted by Crippen LogP contribution is 2.48. The van der Waals surface area contributed by atoms with E-state index in [4.69, 9.17) is 0 Å². The van der Waals surface area contributed by atoms with Crippen LogP contribution in [-0.4, -0.2) is 11.2 Å². The molecule has 1 saturated carbocycles. The van der Waals surface area contributed by atoms with Crippen LogP contribution in [0.15, 0.2) is 24.3 Å². The lowest BCUT2D eigenvalue weighted by molar-refractivity contribution is 0.0887. The number of rotatable bonds is 2. The second-order valence-electron chi connectivity index (χ2n) is 5.02. The van der Waals surface area contributed by atoms with E-state index in [9.17, 15) is 10.4 Å². The van der Waals surface area contributed by atoms with E-state index < -0.39 is 11.5 Å². The van der Waals surface area contributed by atoms with Crippen LogP contribution in [0.3, 0.4) is 0 Å². The van der Waals surface area contributed by atoms with E-state index in [-0.39, 0.29) is 0 Å². The number of aliphatic hydroxyl groups is 1. The van der Waals surface area contributed by atoms with Gasteiger partial charge in [-0.05, 0) is 42.7 Å². The van der Waals surface area contributed by atoms with Crippen LogP contribution in [0.4, 0.5) is 0 Å². The fourth-order valence-electron chi connectivity index (χ4n) is 2.94. The fourth-order valence-corrected chi connectivity index (χ4v) is 2.94. The van der Waals surface area contributed by atoms with Gasteiger partial charge in [0.2, 0.25) is 0 Å². The number of aliphatic hydroxyl groups excluding tert-OH is 1. The summed E-state index contributed by atoms with van der Waals surface area (Å²) in [5, 5.41) is 19.9. The number of nitriles is 1. The lowest BCUT2D eigenvalue weighted by atomic mass is 9.76. The van der Waals surface area contributed by atoms with E-state index in [2.05, 4.69) is 12.1 Å². The van der Waals surface area contributed by atoms with Gasteiger partial charge in [-0.15, -0.1) is 0 Å². The minimum atomic E-state index is -0.627. The molecule has 16 heavy (non-hydrogen) atoms. The SMILES string of the molecule is N#CC1(C(O)C2CC2)CCc2ccccc21. The van der Waals surface area contributed by atoms with Crippen molar-refractivity contribution >= 4 is 0 Å². The summed E-state index contributed by atoms with van der Waals surface area (Å²) >= 11 is 0. The van der Waals surface area contributed by atoms with Crippen LogP contribution in [0.1, 0.15) is 30.4 Å². The third-order valence-electron chi connectivity index (χ3n) is 4.06. The third kappa shape index (κ3) is 1.22. The Balaban J connectivity index is 2.07. The van der Waals surface area contributed by atoms with Crippen molar-refractivity contribution in [1.82, 2.24) is 0 Å². The molecule has 0 amide bonds. The molecule has 0 radical (unpaired) electrons. The van der Waals surface area contributed by atoms with Crippen LogP contribution in [0.2, 0.25) is 0 Å². The van der Waals surface area contributed by atoms with Crippen molar-refractivity contribution in [3.8, 4) is 6.07 Å². The average Bonchev–Trinajstić information content (AvgIpc) is 3.10. The Kier molecular flexibility index (Phi) is 2.05. The molecule has 2 heteroatoms. The van der Waals surface area contributed by atoms with E-state index in [1.54, 1.807) is 0 Å². The Morgan fingerprint density at radius 2 is 2.12 bits per heavy atom. The molecular formula is C14H15NO. The number of aryl methyl sites for hydroxylation is 1. The van der Waals surface area contributed by atoms with Gasteiger partial charge in [-0.2, -0.15) is 5.26 Å². The van der Waals surface area contributed by atoms with Gasteiger partial charge in [0.1, 0.15) is 5.41 Å². The first-order valence-corrected chi connectivity index (χ1v) is 5.95. The lowest BCUT2D eigenvalue weighted by Gasteiger charge is -2.28. The normalized spacial score (nSPS) is 29.5. The van der Waals surface area contributed by atoms with Gasteiger partial charge in [-0.1, -0.05) is 24.3 Å². The zero-order valence-electron chi connectivity index (χ0n) is 9.19. The van der Waals surface area contributed by atoms with Crippen molar-refractivity contribution in [1.29, 1.82) is 5.26 Å². The topological polar surface area (TPSA) is 44.0 Å². The molecule has 2 aliphatic rings. The third-order valence-corrected chi connectivity index (χ3v) is 4.06. The van der Waals surface area contributed by atoms with Crippen LogP contribution < -0.4 is 0 Å². The Labute approximate surface area is 95.5 Å². The summed E-state index contributed by atoms with van der Waals surface area (Å²) in [5.74, 6) is 0.353. The molecule has 0 spiro atoms. The highest BCUT2D eigenvalue weighted by molar-refractivity contribution is 5.45. The molecule has 0 aliphatic heterocycles. The van der Waals surface area contributed by atoms with E-state index >= 15 is 0 Å². The number of benzene rings is 1. The molecule has 2 aliphatic carbocycles. The Morgan fingerprint density at radius 1 is 1.38 bits per heavy atom. The molecule has 0 aromatic heterocycles. The van der Waals surface area contributed by atoms with E-state index in [1.807, 2.05) is 18.2 Å². The van der Waals surface area contributed by atoms with Crippen molar-refractivity contribution < 1.29 is 5.11 Å². The largest absolute Gasteiger partial charge is 0.391 e. The van der Waals surface area contributed by atoms with Crippen molar-refractivity contribution in [2.24, 2.45) is 5.92 Å². The van der Waals surface area contributed by atoms with Gasteiger partial charge in [0.15, 0.2) is 0 Å². The summed E-state index contributed by atoms with van der Waals surface area (Å²) in [6.07, 6.45) is 3.38. The van der Waals surface area contributed by atoms with Crippen LogP contribution in [-0.2, 0) is 11.8 Å². The minimum Gasteiger partial charge on any atom is -0.391 e. The molecule has 2 unspecified atom stereocenters. The number of fused-ring (bicyclic) bond motifs is 1. The molecule has 1 N–H and O–H groups in total. The monoisotopic (exact) mass is 213 g/mol. The molecule has 1 fully saturated rings. The summed E-state index contributed by atoms with van der Waals surface area (Å²) in [7, 11) is 0. The predicted octanol–water partition coefficient (Wildman–Crippen LogP) is 2.17. The van der Waals surface area contributed by atoms with Gasteiger partial charge in [0.25, 0.3) is 0 Å². The zero-order chi connectivity index (χ0) is 11.2. The number of hydrogen-bond acceptors (Lipinski definition) is 2. The highest BCUT2D eigenvalue weighted by atomic mass is 16.3. The first-order valence-electron chi connectivity index (χ1n) is 5.95. The van der Waals surface area contributed by atoms with Crippen LogP contribution in [0.5, 0.6) is 0 Å². The van der Waals surface area contributed by atoms with Gasteiger partial charge in [0, 0.05) is 0 Å². The second kappa shape index (κ2) is 3.33. The summed E-state index contributed by atoms with van der Waals surface area (Å²) in [5.41, 5.74) is 1.68. The van der Waals surface area contributed by atoms with Gasteiger partial charge in [-0.3, -0.25) is 0 Å². The summed E-state index contributed by atoms with van der Waals surface area (Å²) in [6.45, 7) is 0. The molecule has 2 atom stereocenters. The number of nitrogens with zero attached hydrogens (tertiary/aromatic N) is 1. The maximum absolute atomic E-state index is 10.4. The quantitative estimate of drug-likeness (QED) is 0.818. The van der Waals surface area contributed by atoms with Crippen molar-refractivity contribution in [2.75, 3.05) is 0 Å². The van der Waals surface area contributed by atoms with E-state index in [0.717, 1.165) is 31.2 Å². The Hall–Kier alpha value is -1.33. The molecule has 0 saturated heterocycles. The molecule has 3 rings (SSSR count). The van der Waals surface area contributed by atoms with Gasteiger partial charge >= 0.3 is 0 Å². The average molecular weight is 213 g/mol. The minimum absolute atomic E-state index is 0.353. The van der Waals surface area contributed by atoms with E-state index in [1.165, 1.54) is 5.56 Å². The molecular weight excluding hydrogens is 198 g/mol. The second-order valence-corrected chi connectivity index (χ2v) is 5.02. The number of hydrogen-bond donors (Lipinski definition) is 1. The Bertz CT molecular complexity index is 458. The highest BCUT2D eigenvalue weighted by Gasteiger charge is 2.50. The van der Waals surface area contributed by atoms with Gasteiger partial charge in [-0.25, -0.2) is 0 Å². The van der Waals surface area contributed by atoms with Crippen molar-refractivity contribution in [2.45, 2.75) is 37.2 Å². The Morgan fingerprint density at radius 3 is 2.81 bits per heavy atom. The lowest BCUT2D eigenvalue weighted by Crippen LogP contribution is -2.37. The predicted molar refractivity (Wildman–Crippen MR) is 60.8 cm³/mol. The summed E-state index contributed by atoms with van der Waals surface area (Å²) in [4.78, 5) is 0. The molecule has 0 bridgehead atoms. The van der Waals surface area contributed by atoms with Crippen LogP contribution >= 0.6 is 0 Å². The summed E-state index contributed by atoms with van der Waals surface area (Å²) in [6, 6.07) is 10.5. The maximum Gasteiger partial charge on any atom is 0.109 e. The smallest absolute Gasteiger partial charge is 0.109 e. The first kappa shape index (κ1) is 9.86. The molecule has 82 valence electrons. The zero-order valence-corrected chi connectivity index (χ0v) is 9.19. The summed E-state index contributed by atoms with van der Waals surface area (Å²) < 4.78 is 0. The molecule has 0 heterocycles. The van der Waals surface area contributed by atoms with Crippen molar-refractivity contribution in [3.63, 3.8) is 0 Å². The van der Waals surface area contributed by atoms with Crippen LogP contribution in [0, 0.1) is 17.2 Å². The maximum atomic E-state index is 10.4. The molecule has 1 aromatic carbocycles. The van der Waals surface area contributed by atoms with Crippen LogP contribution in [0.25, 0.3) is 0 Å². The fraction of sp³-hybridized carbons (Fsp3) is 0.500.